The molecule has 14 heavy (non-hydrogen) atoms. The van der Waals surface area contributed by atoms with E-state index in [4.69, 9.17) is 10.8 Å². The second kappa shape index (κ2) is 4.19. The summed E-state index contributed by atoms with van der Waals surface area (Å²) in [6.07, 6.45) is 0.527. The van der Waals surface area contributed by atoms with Crippen LogP contribution in [0.5, 0.6) is 0 Å². The van der Waals surface area contributed by atoms with Gasteiger partial charge in [-0.15, -0.1) is 0 Å². The molecule has 4 heteroatoms. The summed E-state index contributed by atoms with van der Waals surface area (Å²) in [6, 6.07) is 2.54. The van der Waals surface area contributed by atoms with E-state index in [1.807, 2.05) is 0 Å². The van der Waals surface area contributed by atoms with Crippen molar-refractivity contribution in [3.63, 3.8) is 0 Å². The first-order valence-electron chi connectivity index (χ1n) is 4.34. The van der Waals surface area contributed by atoms with Gasteiger partial charge in [-0.1, -0.05) is 13.0 Å². The van der Waals surface area contributed by atoms with Crippen molar-refractivity contribution in [2.45, 2.75) is 19.9 Å². The van der Waals surface area contributed by atoms with Crippen LogP contribution in [-0.4, -0.2) is 11.1 Å². The maximum absolute atomic E-state index is 13.2. The van der Waals surface area contributed by atoms with E-state index < -0.39 is 11.8 Å². The first-order valence-corrected chi connectivity index (χ1v) is 4.34. The Labute approximate surface area is 81.4 Å². The minimum Gasteiger partial charge on any atom is -0.478 e. The van der Waals surface area contributed by atoms with Gasteiger partial charge in [-0.25, -0.2) is 9.18 Å². The number of hydrogen-bond donors (Lipinski definition) is 2. The highest BCUT2D eigenvalue weighted by Crippen LogP contribution is 2.16. The van der Waals surface area contributed by atoms with Crippen molar-refractivity contribution in [3.05, 3.63) is 34.6 Å². The molecule has 0 saturated carbocycles. The Bertz CT molecular complexity index is 363. The molecule has 1 rings (SSSR count). The maximum atomic E-state index is 13.2. The van der Waals surface area contributed by atoms with Crippen molar-refractivity contribution in [1.29, 1.82) is 0 Å². The molecule has 0 saturated heterocycles. The molecule has 0 fully saturated rings. The Kier molecular flexibility index (Phi) is 3.19. The molecule has 0 aliphatic rings. The summed E-state index contributed by atoms with van der Waals surface area (Å²) in [7, 11) is 0. The van der Waals surface area contributed by atoms with Gasteiger partial charge in [0.1, 0.15) is 5.82 Å². The maximum Gasteiger partial charge on any atom is 0.336 e. The number of carboxylic acids is 1. The van der Waals surface area contributed by atoms with Gasteiger partial charge in [0.15, 0.2) is 0 Å². The predicted octanol–water partition coefficient (Wildman–Crippen LogP) is 1.55. The predicted molar refractivity (Wildman–Crippen MR) is 50.6 cm³/mol. The fourth-order valence-corrected chi connectivity index (χ4v) is 1.31. The third kappa shape index (κ3) is 1.90. The van der Waals surface area contributed by atoms with Crippen molar-refractivity contribution >= 4 is 5.97 Å². The summed E-state index contributed by atoms with van der Waals surface area (Å²) < 4.78 is 13.2. The fourth-order valence-electron chi connectivity index (χ4n) is 1.31. The third-order valence-corrected chi connectivity index (χ3v) is 2.10. The number of benzene rings is 1. The molecule has 0 spiro atoms. The molecule has 0 aliphatic carbocycles. The van der Waals surface area contributed by atoms with Gasteiger partial charge < -0.3 is 10.8 Å². The third-order valence-electron chi connectivity index (χ3n) is 2.10. The lowest BCUT2D eigenvalue weighted by Crippen LogP contribution is -2.09. The van der Waals surface area contributed by atoms with E-state index in [0.29, 0.717) is 17.5 Å². The fraction of sp³-hybridized carbons (Fsp3) is 0.300. The molecule has 0 amide bonds. The minimum atomic E-state index is -1.15. The zero-order chi connectivity index (χ0) is 10.7. The Balaban J connectivity index is 3.31. The van der Waals surface area contributed by atoms with E-state index in [0.717, 1.165) is 6.07 Å². The van der Waals surface area contributed by atoms with Crippen LogP contribution in [0.2, 0.25) is 0 Å². The van der Waals surface area contributed by atoms with E-state index in [2.05, 4.69) is 0 Å². The van der Waals surface area contributed by atoms with Gasteiger partial charge in [0.05, 0.1) is 5.56 Å². The Morgan fingerprint density at radius 2 is 2.14 bits per heavy atom. The van der Waals surface area contributed by atoms with Crippen LogP contribution in [0.3, 0.4) is 0 Å². The molecule has 1 aromatic carbocycles. The van der Waals surface area contributed by atoms with Crippen LogP contribution in [-0.2, 0) is 13.0 Å². The summed E-state index contributed by atoms with van der Waals surface area (Å²) in [6.45, 7) is 1.91. The SMILES string of the molecule is CCc1cc(CN)c(C(=O)O)cc1F. The largest absolute Gasteiger partial charge is 0.478 e. The second-order valence-electron chi connectivity index (χ2n) is 2.96. The normalized spacial score (nSPS) is 10.2. The standard InChI is InChI=1S/C10H12FNO2/c1-2-6-3-7(5-12)8(10(13)14)4-9(6)11/h3-4H,2,5,12H2,1H3,(H,13,14). The van der Waals surface area contributed by atoms with E-state index in [1.165, 1.54) is 6.07 Å². The molecule has 0 unspecified atom stereocenters. The highest BCUT2D eigenvalue weighted by atomic mass is 19.1. The number of carbonyl (C=O) groups is 1. The van der Waals surface area contributed by atoms with Gasteiger partial charge in [-0.3, -0.25) is 0 Å². The summed E-state index contributed by atoms with van der Waals surface area (Å²) in [5.74, 6) is -1.63. The van der Waals surface area contributed by atoms with Crippen LogP contribution in [0.25, 0.3) is 0 Å². The molecular formula is C10H12FNO2. The lowest BCUT2D eigenvalue weighted by molar-refractivity contribution is 0.0695. The zero-order valence-corrected chi connectivity index (χ0v) is 7.88. The lowest BCUT2D eigenvalue weighted by atomic mass is 10.0. The van der Waals surface area contributed by atoms with Gasteiger partial charge in [-0.05, 0) is 23.6 Å². The van der Waals surface area contributed by atoms with E-state index in [9.17, 15) is 9.18 Å². The highest BCUT2D eigenvalue weighted by Gasteiger charge is 2.12. The first kappa shape index (κ1) is 10.7. The van der Waals surface area contributed by atoms with Crippen LogP contribution in [0.4, 0.5) is 4.39 Å². The molecule has 3 nitrogen and oxygen atoms in total. The van der Waals surface area contributed by atoms with E-state index >= 15 is 0 Å². The minimum absolute atomic E-state index is 0.0535. The molecular weight excluding hydrogens is 185 g/mol. The number of rotatable bonds is 3. The van der Waals surface area contributed by atoms with Crippen molar-refractivity contribution in [2.24, 2.45) is 5.73 Å². The van der Waals surface area contributed by atoms with Crippen molar-refractivity contribution in [1.82, 2.24) is 0 Å². The monoisotopic (exact) mass is 197 g/mol. The summed E-state index contributed by atoms with van der Waals surface area (Å²) >= 11 is 0. The number of aromatic carboxylic acids is 1. The zero-order valence-electron chi connectivity index (χ0n) is 7.88. The topological polar surface area (TPSA) is 63.3 Å². The second-order valence-corrected chi connectivity index (χ2v) is 2.96. The van der Waals surface area contributed by atoms with E-state index in [1.54, 1.807) is 6.92 Å². The van der Waals surface area contributed by atoms with Crippen molar-refractivity contribution in [2.75, 3.05) is 0 Å². The van der Waals surface area contributed by atoms with Crippen LogP contribution in [0.15, 0.2) is 12.1 Å². The molecule has 76 valence electrons. The quantitative estimate of drug-likeness (QED) is 0.772. The van der Waals surface area contributed by atoms with Crippen LogP contribution < -0.4 is 5.73 Å². The van der Waals surface area contributed by atoms with Crippen molar-refractivity contribution in [3.8, 4) is 0 Å². The van der Waals surface area contributed by atoms with Gasteiger partial charge in [0.25, 0.3) is 0 Å². The number of aryl methyl sites for hydroxylation is 1. The molecule has 1 aromatic rings. The van der Waals surface area contributed by atoms with Gasteiger partial charge >= 0.3 is 5.97 Å². The number of hydrogen-bond acceptors (Lipinski definition) is 2. The Morgan fingerprint density at radius 1 is 1.50 bits per heavy atom. The Hall–Kier alpha value is -1.42. The average Bonchev–Trinajstić information content (AvgIpc) is 2.17. The molecule has 0 heterocycles. The highest BCUT2D eigenvalue weighted by molar-refractivity contribution is 5.89. The van der Waals surface area contributed by atoms with Crippen molar-refractivity contribution < 1.29 is 14.3 Å². The summed E-state index contributed by atoms with van der Waals surface area (Å²) in [5.41, 5.74) is 6.29. The number of carboxylic acid groups (broad SMARTS) is 1. The van der Waals surface area contributed by atoms with Gasteiger partial charge in [0.2, 0.25) is 0 Å². The molecule has 0 aliphatic heterocycles. The number of nitrogens with two attached hydrogens (primary N) is 1. The lowest BCUT2D eigenvalue weighted by Gasteiger charge is -2.07. The summed E-state index contributed by atoms with van der Waals surface area (Å²) in [4.78, 5) is 10.7. The average molecular weight is 197 g/mol. The van der Waals surface area contributed by atoms with Gasteiger partial charge in [-0.2, -0.15) is 0 Å². The molecule has 0 bridgehead atoms. The van der Waals surface area contributed by atoms with Crippen LogP contribution in [0, 0.1) is 5.82 Å². The molecule has 0 radical (unpaired) electrons. The van der Waals surface area contributed by atoms with E-state index in [-0.39, 0.29) is 12.1 Å². The summed E-state index contributed by atoms with van der Waals surface area (Å²) in [5, 5.41) is 8.76. The number of halogens is 1. The molecule has 3 N–H and O–H groups in total. The smallest absolute Gasteiger partial charge is 0.336 e. The van der Waals surface area contributed by atoms with Crippen LogP contribution >= 0.6 is 0 Å². The van der Waals surface area contributed by atoms with Crippen LogP contribution in [0.1, 0.15) is 28.4 Å². The van der Waals surface area contributed by atoms with Gasteiger partial charge in [0, 0.05) is 6.54 Å². The molecule has 0 atom stereocenters. The Morgan fingerprint density at radius 3 is 2.57 bits per heavy atom. The first-order chi connectivity index (χ1) is 6.60. The molecule has 0 aromatic heterocycles.